The lowest BCUT2D eigenvalue weighted by Crippen LogP contribution is -2.06. The predicted molar refractivity (Wildman–Crippen MR) is 67.5 cm³/mol. The summed E-state index contributed by atoms with van der Waals surface area (Å²) in [6.07, 6.45) is 10.6. The van der Waals surface area contributed by atoms with Crippen LogP contribution in [0, 0.1) is 0 Å². The SMILES string of the molecule is CNCCCCCCCCCCC(=O)OC. The molecule has 0 unspecified atom stereocenters. The third kappa shape index (κ3) is 11.5. The number of hydrogen-bond donors (Lipinski definition) is 1. The number of methoxy groups -OCH3 is 1. The number of nitrogens with one attached hydrogen (secondary N) is 1. The first-order chi connectivity index (χ1) is 7.81. The monoisotopic (exact) mass is 229 g/mol. The zero-order valence-electron chi connectivity index (χ0n) is 10.9. The van der Waals surface area contributed by atoms with Crippen molar-refractivity contribution in [3.8, 4) is 0 Å². The highest BCUT2D eigenvalue weighted by Crippen LogP contribution is 2.09. The van der Waals surface area contributed by atoms with Gasteiger partial charge in [-0.05, 0) is 26.4 Å². The summed E-state index contributed by atoms with van der Waals surface area (Å²) < 4.78 is 4.59. The van der Waals surface area contributed by atoms with Crippen molar-refractivity contribution in [2.24, 2.45) is 0 Å². The zero-order chi connectivity index (χ0) is 12.1. The van der Waals surface area contributed by atoms with Crippen molar-refractivity contribution in [2.75, 3.05) is 20.7 Å². The first kappa shape index (κ1) is 15.4. The van der Waals surface area contributed by atoms with Gasteiger partial charge in [-0.25, -0.2) is 0 Å². The largest absolute Gasteiger partial charge is 0.469 e. The van der Waals surface area contributed by atoms with Crippen molar-refractivity contribution < 1.29 is 9.53 Å². The number of unbranched alkanes of at least 4 members (excludes halogenated alkanes) is 7. The van der Waals surface area contributed by atoms with Crippen LogP contribution in [0.5, 0.6) is 0 Å². The lowest BCUT2D eigenvalue weighted by atomic mass is 10.1. The molecule has 0 aliphatic rings. The molecule has 0 radical (unpaired) electrons. The summed E-state index contributed by atoms with van der Waals surface area (Å²) >= 11 is 0. The van der Waals surface area contributed by atoms with Crippen molar-refractivity contribution in [3.05, 3.63) is 0 Å². The Bertz CT molecular complexity index is 160. The summed E-state index contributed by atoms with van der Waals surface area (Å²) in [7, 11) is 3.45. The number of rotatable bonds is 11. The molecular weight excluding hydrogens is 202 g/mol. The van der Waals surface area contributed by atoms with Gasteiger partial charge in [-0.15, -0.1) is 0 Å². The lowest BCUT2D eigenvalue weighted by molar-refractivity contribution is -0.140. The van der Waals surface area contributed by atoms with E-state index in [9.17, 15) is 4.79 Å². The van der Waals surface area contributed by atoms with Gasteiger partial charge >= 0.3 is 5.97 Å². The highest BCUT2D eigenvalue weighted by molar-refractivity contribution is 5.68. The highest BCUT2D eigenvalue weighted by atomic mass is 16.5. The lowest BCUT2D eigenvalue weighted by Gasteiger charge is -2.02. The molecule has 96 valence electrons. The Labute approximate surface area is 99.9 Å². The first-order valence-corrected chi connectivity index (χ1v) is 6.52. The second kappa shape index (κ2) is 12.5. The van der Waals surface area contributed by atoms with E-state index in [-0.39, 0.29) is 5.97 Å². The molecule has 1 N–H and O–H groups in total. The van der Waals surface area contributed by atoms with Crippen LogP contribution >= 0.6 is 0 Å². The summed E-state index contributed by atoms with van der Waals surface area (Å²) in [5, 5.41) is 3.16. The van der Waals surface area contributed by atoms with Crippen LogP contribution in [0.3, 0.4) is 0 Å². The van der Waals surface area contributed by atoms with Gasteiger partial charge in [-0.2, -0.15) is 0 Å². The van der Waals surface area contributed by atoms with Crippen LogP contribution in [-0.2, 0) is 9.53 Å². The van der Waals surface area contributed by atoms with Crippen LogP contribution in [-0.4, -0.2) is 26.7 Å². The van der Waals surface area contributed by atoms with E-state index in [1.807, 2.05) is 7.05 Å². The average Bonchev–Trinajstić information content (AvgIpc) is 2.31. The number of esters is 1. The topological polar surface area (TPSA) is 38.3 Å². The fourth-order valence-corrected chi connectivity index (χ4v) is 1.73. The standard InChI is InChI=1S/C13H27NO2/c1-14-12-10-8-6-4-3-5-7-9-11-13(15)16-2/h14H,3-12H2,1-2H3. The number of carbonyl (C=O) groups excluding carboxylic acids is 1. The van der Waals surface area contributed by atoms with Crippen LogP contribution in [0.15, 0.2) is 0 Å². The number of hydrogen-bond acceptors (Lipinski definition) is 3. The molecule has 16 heavy (non-hydrogen) atoms. The zero-order valence-corrected chi connectivity index (χ0v) is 10.9. The van der Waals surface area contributed by atoms with E-state index >= 15 is 0 Å². The minimum absolute atomic E-state index is 0.0768. The summed E-state index contributed by atoms with van der Waals surface area (Å²) in [5.74, 6) is -0.0768. The third-order valence-corrected chi connectivity index (χ3v) is 2.79. The molecule has 3 heteroatoms. The minimum atomic E-state index is -0.0768. The van der Waals surface area contributed by atoms with Gasteiger partial charge in [0.15, 0.2) is 0 Å². The molecule has 0 aliphatic carbocycles. The maximum absolute atomic E-state index is 10.8. The predicted octanol–water partition coefficient (Wildman–Crippen LogP) is 2.89. The second-order valence-electron chi connectivity index (χ2n) is 4.26. The Morgan fingerprint density at radius 1 is 0.938 bits per heavy atom. The Kier molecular flexibility index (Phi) is 12.1. The van der Waals surface area contributed by atoms with E-state index in [1.165, 1.54) is 45.6 Å². The van der Waals surface area contributed by atoms with E-state index < -0.39 is 0 Å². The maximum atomic E-state index is 10.8. The van der Waals surface area contributed by atoms with E-state index in [0.29, 0.717) is 6.42 Å². The van der Waals surface area contributed by atoms with Crippen LogP contribution in [0.25, 0.3) is 0 Å². The molecule has 0 aromatic carbocycles. The average molecular weight is 229 g/mol. The summed E-state index contributed by atoms with van der Waals surface area (Å²) in [6.45, 7) is 1.14. The number of ether oxygens (including phenoxy) is 1. The Morgan fingerprint density at radius 3 is 1.94 bits per heavy atom. The fraction of sp³-hybridized carbons (Fsp3) is 0.923. The Morgan fingerprint density at radius 2 is 1.44 bits per heavy atom. The van der Waals surface area contributed by atoms with E-state index in [4.69, 9.17) is 0 Å². The summed E-state index contributed by atoms with van der Waals surface area (Å²) in [6, 6.07) is 0. The normalized spacial score (nSPS) is 10.4. The van der Waals surface area contributed by atoms with Gasteiger partial charge < -0.3 is 10.1 Å². The van der Waals surface area contributed by atoms with Gasteiger partial charge in [0.25, 0.3) is 0 Å². The molecule has 0 aliphatic heterocycles. The molecule has 0 saturated heterocycles. The third-order valence-electron chi connectivity index (χ3n) is 2.79. The minimum Gasteiger partial charge on any atom is -0.469 e. The molecule has 0 amide bonds. The molecule has 0 rings (SSSR count). The van der Waals surface area contributed by atoms with Crippen LogP contribution in [0.4, 0.5) is 0 Å². The first-order valence-electron chi connectivity index (χ1n) is 6.52. The van der Waals surface area contributed by atoms with Gasteiger partial charge in [0.2, 0.25) is 0 Å². The molecule has 0 bridgehead atoms. The van der Waals surface area contributed by atoms with Gasteiger partial charge in [0, 0.05) is 6.42 Å². The molecule has 0 aromatic heterocycles. The van der Waals surface area contributed by atoms with Crippen molar-refractivity contribution in [3.63, 3.8) is 0 Å². The molecule has 0 spiro atoms. The van der Waals surface area contributed by atoms with Crippen molar-refractivity contribution in [1.29, 1.82) is 0 Å². The van der Waals surface area contributed by atoms with Gasteiger partial charge in [0.05, 0.1) is 7.11 Å². The smallest absolute Gasteiger partial charge is 0.305 e. The van der Waals surface area contributed by atoms with Crippen molar-refractivity contribution >= 4 is 5.97 Å². The Hall–Kier alpha value is -0.570. The van der Waals surface area contributed by atoms with E-state index in [0.717, 1.165) is 19.4 Å². The van der Waals surface area contributed by atoms with E-state index in [1.54, 1.807) is 0 Å². The number of carbonyl (C=O) groups is 1. The molecule has 0 saturated carbocycles. The quantitative estimate of drug-likeness (QED) is 0.437. The van der Waals surface area contributed by atoms with Crippen LogP contribution in [0.2, 0.25) is 0 Å². The molecule has 3 nitrogen and oxygen atoms in total. The van der Waals surface area contributed by atoms with Gasteiger partial charge in [0.1, 0.15) is 0 Å². The Balaban J connectivity index is 2.96. The van der Waals surface area contributed by atoms with Gasteiger partial charge in [-0.3, -0.25) is 4.79 Å². The van der Waals surface area contributed by atoms with Crippen LogP contribution < -0.4 is 5.32 Å². The van der Waals surface area contributed by atoms with E-state index in [2.05, 4.69) is 10.1 Å². The maximum Gasteiger partial charge on any atom is 0.305 e. The molecule has 0 fully saturated rings. The van der Waals surface area contributed by atoms with Crippen molar-refractivity contribution in [2.45, 2.75) is 57.8 Å². The molecule has 0 aromatic rings. The van der Waals surface area contributed by atoms with Crippen LogP contribution in [0.1, 0.15) is 57.8 Å². The molecule has 0 atom stereocenters. The fourth-order valence-electron chi connectivity index (χ4n) is 1.73. The highest BCUT2D eigenvalue weighted by Gasteiger charge is 1.98. The summed E-state index contributed by atoms with van der Waals surface area (Å²) in [5.41, 5.74) is 0. The second-order valence-corrected chi connectivity index (χ2v) is 4.26. The molecule has 0 heterocycles. The summed E-state index contributed by atoms with van der Waals surface area (Å²) in [4.78, 5) is 10.8. The van der Waals surface area contributed by atoms with Gasteiger partial charge in [-0.1, -0.05) is 38.5 Å². The van der Waals surface area contributed by atoms with Crippen molar-refractivity contribution in [1.82, 2.24) is 5.32 Å². The molecular formula is C13H27NO2.